The van der Waals surface area contributed by atoms with E-state index in [0.717, 1.165) is 19.3 Å². The van der Waals surface area contributed by atoms with Gasteiger partial charge in [0.15, 0.2) is 11.6 Å². The Labute approximate surface area is 165 Å². The van der Waals surface area contributed by atoms with Gasteiger partial charge in [-0.05, 0) is 37.5 Å². The first kappa shape index (κ1) is 18.5. The number of pyridine rings is 1. The number of nitrogens with two attached hydrogens (primary N) is 1. The summed E-state index contributed by atoms with van der Waals surface area (Å²) in [5, 5.41) is 9.23. The molecule has 3 N–H and O–H groups in total. The maximum absolute atomic E-state index is 15.8. The molecule has 5 rings (SSSR count). The lowest BCUT2D eigenvalue weighted by molar-refractivity contribution is 0.0694. The second kappa shape index (κ2) is 5.78. The van der Waals surface area contributed by atoms with Crippen molar-refractivity contribution in [2.45, 2.75) is 45.2 Å². The molecular formula is C21H23F2N3O3. The molecule has 3 atom stereocenters. The number of aryl methyl sites for hydroxylation is 1. The minimum absolute atomic E-state index is 0.00472. The Hall–Kier alpha value is -2.48. The predicted molar refractivity (Wildman–Crippen MR) is 104 cm³/mol. The number of halogens is 2. The van der Waals surface area contributed by atoms with E-state index in [1.807, 2.05) is 0 Å². The molecule has 6 nitrogen and oxygen atoms in total. The van der Waals surface area contributed by atoms with Crippen LogP contribution in [0.3, 0.4) is 0 Å². The largest absolute Gasteiger partial charge is 0.477 e. The van der Waals surface area contributed by atoms with E-state index in [4.69, 9.17) is 5.73 Å². The number of benzene rings is 1. The lowest BCUT2D eigenvalue weighted by atomic mass is 9.60. The minimum Gasteiger partial charge on any atom is -0.477 e. The van der Waals surface area contributed by atoms with Crippen LogP contribution in [0.2, 0.25) is 0 Å². The van der Waals surface area contributed by atoms with Crippen LogP contribution in [0.4, 0.5) is 14.5 Å². The van der Waals surface area contributed by atoms with Crippen molar-refractivity contribution in [2.75, 3.05) is 18.0 Å². The van der Waals surface area contributed by atoms with Gasteiger partial charge in [-0.1, -0.05) is 6.92 Å². The van der Waals surface area contributed by atoms with E-state index >= 15 is 8.78 Å². The van der Waals surface area contributed by atoms with E-state index in [9.17, 15) is 14.7 Å². The van der Waals surface area contributed by atoms with E-state index in [2.05, 4.69) is 6.92 Å². The average Bonchev–Trinajstić information content (AvgIpc) is 3.44. The van der Waals surface area contributed by atoms with Crippen molar-refractivity contribution >= 4 is 22.6 Å². The van der Waals surface area contributed by atoms with Gasteiger partial charge in [-0.2, -0.15) is 0 Å². The van der Waals surface area contributed by atoms with Crippen molar-refractivity contribution in [2.24, 2.45) is 17.1 Å². The summed E-state index contributed by atoms with van der Waals surface area (Å²) in [5.41, 5.74) is 4.60. The fourth-order valence-electron chi connectivity index (χ4n) is 5.41. The third-order valence-electron chi connectivity index (χ3n) is 7.13. The molecule has 0 bridgehead atoms. The lowest BCUT2D eigenvalue weighted by Gasteiger charge is -2.46. The minimum atomic E-state index is -1.39. The lowest BCUT2D eigenvalue weighted by Crippen LogP contribution is -2.53. The summed E-state index contributed by atoms with van der Waals surface area (Å²) in [7, 11) is 0. The molecule has 0 unspecified atom stereocenters. The van der Waals surface area contributed by atoms with E-state index in [-0.39, 0.29) is 45.6 Å². The molecule has 1 aromatic heterocycles. The topological polar surface area (TPSA) is 88.6 Å². The van der Waals surface area contributed by atoms with Gasteiger partial charge in [-0.3, -0.25) is 4.79 Å². The molecule has 1 aliphatic heterocycles. The molecule has 8 heteroatoms. The number of carbonyl (C=O) groups is 1. The van der Waals surface area contributed by atoms with Crippen LogP contribution in [0.25, 0.3) is 10.9 Å². The molecule has 0 spiro atoms. The Morgan fingerprint density at radius 3 is 2.55 bits per heavy atom. The summed E-state index contributed by atoms with van der Waals surface area (Å²) < 4.78 is 32.7. The van der Waals surface area contributed by atoms with Crippen molar-refractivity contribution in [1.29, 1.82) is 0 Å². The summed E-state index contributed by atoms with van der Waals surface area (Å²) in [6.45, 7) is 4.48. The van der Waals surface area contributed by atoms with Crippen LogP contribution in [0.5, 0.6) is 0 Å². The van der Waals surface area contributed by atoms with Crippen LogP contribution in [-0.2, 0) is 0 Å². The Morgan fingerprint density at radius 2 is 2.00 bits per heavy atom. The summed E-state index contributed by atoms with van der Waals surface area (Å²) in [6, 6.07) is -0.0513. The normalized spacial score (nSPS) is 28.5. The molecule has 0 radical (unpaired) electrons. The van der Waals surface area contributed by atoms with Gasteiger partial charge in [0, 0.05) is 36.9 Å². The first-order chi connectivity index (χ1) is 13.6. The maximum atomic E-state index is 15.8. The van der Waals surface area contributed by atoms with Gasteiger partial charge in [0.05, 0.1) is 10.9 Å². The Bertz CT molecular complexity index is 1140. The Kier molecular flexibility index (Phi) is 3.70. The fraction of sp³-hybridized carbons (Fsp3) is 0.524. The molecule has 1 aromatic carbocycles. The molecular weight excluding hydrogens is 380 g/mol. The number of aromatic nitrogens is 1. The number of carboxylic acids is 1. The van der Waals surface area contributed by atoms with Crippen molar-refractivity contribution in [3.63, 3.8) is 0 Å². The highest BCUT2D eigenvalue weighted by Crippen LogP contribution is 2.52. The number of rotatable bonds is 3. The van der Waals surface area contributed by atoms with E-state index in [0.29, 0.717) is 13.1 Å². The highest BCUT2D eigenvalue weighted by Gasteiger charge is 2.55. The summed E-state index contributed by atoms with van der Waals surface area (Å²) in [6.07, 6.45) is 3.56. The summed E-state index contributed by atoms with van der Waals surface area (Å²) >= 11 is 0. The van der Waals surface area contributed by atoms with Crippen LogP contribution < -0.4 is 16.1 Å². The van der Waals surface area contributed by atoms with Crippen LogP contribution in [0.15, 0.2) is 11.0 Å². The van der Waals surface area contributed by atoms with Gasteiger partial charge in [-0.25, -0.2) is 13.6 Å². The Morgan fingerprint density at radius 1 is 1.31 bits per heavy atom. The number of hydrogen-bond acceptors (Lipinski definition) is 4. The van der Waals surface area contributed by atoms with Crippen LogP contribution in [-0.4, -0.2) is 34.8 Å². The molecule has 3 aliphatic rings. The molecule has 29 heavy (non-hydrogen) atoms. The standard InChI is InChI=1S/C21H23F2N3O3/c1-9-14-17(26(10-3-4-10)6-11(19(14)27)20(28)29)16(23)18(15(9)22)25-7-12-13(24)5-21(12,2)8-25/h6,10,12-13H,3-5,7-8,24H2,1-2H3,(H,28,29)/t12-,13-,21+/m0/s1. The molecule has 3 fully saturated rings. The number of carboxylic acid groups (broad SMARTS) is 1. The maximum Gasteiger partial charge on any atom is 0.341 e. The van der Waals surface area contributed by atoms with E-state index in [1.54, 1.807) is 4.90 Å². The third-order valence-corrected chi connectivity index (χ3v) is 7.13. The molecule has 1 saturated heterocycles. The smallest absolute Gasteiger partial charge is 0.341 e. The van der Waals surface area contributed by atoms with Crippen molar-refractivity contribution in [1.82, 2.24) is 4.57 Å². The molecule has 2 heterocycles. The van der Waals surface area contributed by atoms with Crippen molar-refractivity contribution in [3.8, 4) is 0 Å². The summed E-state index contributed by atoms with van der Waals surface area (Å²) in [5.74, 6) is -2.80. The number of anilines is 1. The van der Waals surface area contributed by atoms with Crippen LogP contribution in [0, 0.1) is 29.9 Å². The second-order valence-corrected chi connectivity index (χ2v) is 9.15. The second-order valence-electron chi connectivity index (χ2n) is 9.15. The average molecular weight is 403 g/mol. The molecule has 0 amide bonds. The number of hydrogen-bond donors (Lipinski definition) is 2. The number of nitrogens with zero attached hydrogens (tertiary/aromatic N) is 2. The highest BCUT2D eigenvalue weighted by atomic mass is 19.1. The molecule has 154 valence electrons. The monoisotopic (exact) mass is 403 g/mol. The summed E-state index contributed by atoms with van der Waals surface area (Å²) in [4.78, 5) is 26.0. The quantitative estimate of drug-likeness (QED) is 0.823. The van der Waals surface area contributed by atoms with Gasteiger partial charge >= 0.3 is 5.97 Å². The zero-order valence-corrected chi connectivity index (χ0v) is 16.3. The van der Waals surface area contributed by atoms with Crippen molar-refractivity contribution in [3.05, 3.63) is 39.2 Å². The first-order valence-corrected chi connectivity index (χ1v) is 9.94. The number of fused-ring (bicyclic) bond motifs is 2. The highest BCUT2D eigenvalue weighted by molar-refractivity contribution is 5.95. The van der Waals surface area contributed by atoms with Gasteiger partial charge in [0.1, 0.15) is 11.3 Å². The molecule has 2 saturated carbocycles. The van der Waals surface area contributed by atoms with E-state index < -0.39 is 28.6 Å². The van der Waals surface area contributed by atoms with E-state index in [1.165, 1.54) is 17.7 Å². The van der Waals surface area contributed by atoms with Crippen molar-refractivity contribution < 1.29 is 18.7 Å². The van der Waals surface area contributed by atoms with Crippen LogP contribution in [0.1, 0.15) is 48.1 Å². The van der Waals surface area contributed by atoms with Gasteiger partial charge in [0.2, 0.25) is 5.43 Å². The third kappa shape index (κ3) is 2.41. The first-order valence-electron chi connectivity index (χ1n) is 9.94. The van der Waals surface area contributed by atoms with Gasteiger partial charge in [-0.15, -0.1) is 0 Å². The van der Waals surface area contributed by atoms with Gasteiger partial charge < -0.3 is 20.3 Å². The molecule has 2 aliphatic carbocycles. The van der Waals surface area contributed by atoms with Crippen LogP contribution >= 0.6 is 0 Å². The number of aromatic carboxylic acids is 1. The Balaban J connectivity index is 1.78. The van der Waals surface area contributed by atoms with Gasteiger partial charge in [0.25, 0.3) is 0 Å². The molecule has 2 aromatic rings. The zero-order chi connectivity index (χ0) is 20.8. The SMILES string of the molecule is Cc1c(F)c(N2C[C@H]3[C@@H](N)C[C@]3(C)C2)c(F)c2c1c(=O)c(C(=O)O)cn2C1CC1. The fourth-order valence-corrected chi connectivity index (χ4v) is 5.41. The predicted octanol–water partition coefficient (Wildman–Crippen LogP) is 2.79. The zero-order valence-electron chi connectivity index (χ0n) is 16.3.